The van der Waals surface area contributed by atoms with Crippen molar-refractivity contribution < 1.29 is 23.4 Å². The number of aryl methyl sites for hydroxylation is 1. The molecular formula is C21H18O6. The van der Waals surface area contributed by atoms with Crippen LogP contribution in [-0.2, 0) is 4.79 Å². The normalized spacial score (nSPS) is 16.0. The number of hydrogen-bond donors (Lipinski definition) is 0. The molecule has 0 N–H and O–H groups in total. The van der Waals surface area contributed by atoms with Crippen LogP contribution in [0.25, 0.3) is 11.0 Å². The molecule has 2 heterocycles. The highest BCUT2D eigenvalue weighted by Gasteiger charge is 2.32. The van der Waals surface area contributed by atoms with E-state index in [9.17, 15) is 9.59 Å². The van der Waals surface area contributed by atoms with Gasteiger partial charge >= 0.3 is 11.6 Å². The lowest BCUT2D eigenvalue weighted by molar-refractivity contribution is -0.135. The van der Waals surface area contributed by atoms with Gasteiger partial charge in [-0.3, -0.25) is 4.79 Å². The minimum Gasteiger partial charge on any atom is -0.493 e. The van der Waals surface area contributed by atoms with E-state index >= 15 is 0 Å². The molecule has 3 aromatic rings. The van der Waals surface area contributed by atoms with E-state index < -0.39 is 5.63 Å². The molecule has 4 rings (SSSR count). The zero-order valence-corrected chi connectivity index (χ0v) is 15.2. The lowest BCUT2D eigenvalue weighted by atomic mass is 9.85. The van der Waals surface area contributed by atoms with Crippen molar-refractivity contribution in [2.24, 2.45) is 0 Å². The summed E-state index contributed by atoms with van der Waals surface area (Å²) in [6, 6.07) is 10.5. The molecule has 0 fully saturated rings. The van der Waals surface area contributed by atoms with Crippen LogP contribution < -0.4 is 19.8 Å². The molecule has 6 heteroatoms. The summed E-state index contributed by atoms with van der Waals surface area (Å²) in [5.41, 5.74) is 2.37. The number of benzene rings is 2. The molecule has 0 spiro atoms. The fourth-order valence-electron chi connectivity index (χ4n) is 3.59. The maximum atomic E-state index is 12.2. The molecular weight excluding hydrogens is 348 g/mol. The largest absolute Gasteiger partial charge is 0.493 e. The van der Waals surface area contributed by atoms with Crippen LogP contribution in [0.3, 0.4) is 0 Å². The molecule has 6 nitrogen and oxygen atoms in total. The van der Waals surface area contributed by atoms with Gasteiger partial charge in [0.25, 0.3) is 0 Å². The number of methoxy groups -OCH3 is 2. The number of fused-ring (bicyclic) bond motifs is 3. The fraction of sp³-hybridized carbons (Fsp3) is 0.238. The summed E-state index contributed by atoms with van der Waals surface area (Å²) in [6.07, 6.45) is 0.138. The van der Waals surface area contributed by atoms with Gasteiger partial charge in [0, 0.05) is 22.9 Å². The first-order valence-electron chi connectivity index (χ1n) is 8.51. The Balaban J connectivity index is 1.98. The van der Waals surface area contributed by atoms with Gasteiger partial charge in [-0.05, 0) is 42.3 Å². The number of carbonyl (C=O) groups excluding carboxylic acids is 1. The molecule has 0 saturated heterocycles. The molecule has 0 saturated carbocycles. The topological polar surface area (TPSA) is 75.0 Å². The van der Waals surface area contributed by atoms with Crippen LogP contribution in [-0.4, -0.2) is 20.2 Å². The predicted octanol–water partition coefficient (Wildman–Crippen LogP) is 3.56. The molecule has 2 aromatic carbocycles. The minimum atomic E-state index is -0.434. The number of carbonyl (C=O) groups is 1. The SMILES string of the molecule is COc1ccc([C@H]2CC(=O)Oc3ccc4c(C)cc(=O)oc4c32)cc1OC. The fourth-order valence-corrected chi connectivity index (χ4v) is 3.59. The van der Waals surface area contributed by atoms with E-state index in [1.807, 2.05) is 19.1 Å². The average Bonchev–Trinajstić information content (AvgIpc) is 2.66. The maximum Gasteiger partial charge on any atom is 0.336 e. The second-order valence-corrected chi connectivity index (χ2v) is 6.45. The lowest BCUT2D eigenvalue weighted by Crippen LogP contribution is -2.21. The molecule has 0 aliphatic carbocycles. The van der Waals surface area contributed by atoms with Gasteiger partial charge in [0.15, 0.2) is 11.5 Å². The Kier molecular flexibility index (Phi) is 4.11. The van der Waals surface area contributed by atoms with Crippen LogP contribution in [0.1, 0.15) is 29.0 Å². The zero-order chi connectivity index (χ0) is 19.1. The molecule has 0 amide bonds. The molecule has 0 radical (unpaired) electrons. The van der Waals surface area contributed by atoms with Crippen LogP contribution in [0.5, 0.6) is 17.2 Å². The molecule has 1 aliphatic rings. The number of ether oxygens (including phenoxy) is 3. The number of esters is 1. The van der Waals surface area contributed by atoms with Crippen molar-refractivity contribution in [2.45, 2.75) is 19.3 Å². The van der Waals surface area contributed by atoms with E-state index in [0.29, 0.717) is 28.4 Å². The van der Waals surface area contributed by atoms with Crippen LogP contribution in [0, 0.1) is 6.92 Å². The third kappa shape index (κ3) is 2.83. The molecule has 1 aromatic heterocycles. The van der Waals surface area contributed by atoms with Crippen LogP contribution >= 0.6 is 0 Å². The van der Waals surface area contributed by atoms with Gasteiger partial charge in [-0.15, -0.1) is 0 Å². The summed E-state index contributed by atoms with van der Waals surface area (Å²) >= 11 is 0. The van der Waals surface area contributed by atoms with E-state index in [-0.39, 0.29) is 18.3 Å². The van der Waals surface area contributed by atoms with E-state index in [0.717, 1.165) is 16.5 Å². The highest BCUT2D eigenvalue weighted by molar-refractivity contribution is 5.90. The Morgan fingerprint density at radius 2 is 1.78 bits per heavy atom. The van der Waals surface area contributed by atoms with Gasteiger partial charge in [0.2, 0.25) is 0 Å². The molecule has 1 atom stereocenters. The van der Waals surface area contributed by atoms with Gasteiger partial charge in [-0.25, -0.2) is 4.79 Å². The second kappa shape index (κ2) is 6.46. The Morgan fingerprint density at radius 3 is 2.52 bits per heavy atom. The molecule has 27 heavy (non-hydrogen) atoms. The van der Waals surface area contributed by atoms with Gasteiger partial charge in [-0.1, -0.05) is 6.07 Å². The van der Waals surface area contributed by atoms with Crippen molar-refractivity contribution in [3.05, 3.63) is 63.5 Å². The van der Waals surface area contributed by atoms with Gasteiger partial charge in [-0.2, -0.15) is 0 Å². The second-order valence-electron chi connectivity index (χ2n) is 6.45. The average molecular weight is 366 g/mol. The van der Waals surface area contributed by atoms with Crippen molar-refractivity contribution >= 4 is 16.9 Å². The minimum absolute atomic E-state index is 0.138. The third-order valence-corrected chi connectivity index (χ3v) is 4.87. The summed E-state index contributed by atoms with van der Waals surface area (Å²) in [5, 5.41) is 0.816. The van der Waals surface area contributed by atoms with Crippen LogP contribution in [0.2, 0.25) is 0 Å². The van der Waals surface area contributed by atoms with E-state index in [1.165, 1.54) is 6.07 Å². The standard InChI is InChI=1S/C21H18O6/c1-11-8-18(22)27-21-13(11)5-7-16-20(21)14(10-19(23)26-16)12-4-6-15(24-2)17(9-12)25-3/h4-9,14H,10H2,1-3H3/t14-/m1/s1. The molecule has 0 bridgehead atoms. The highest BCUT2D eigenvalue weighted by atomic mass is 16.5. The van der Waals surface area contributed by atoms with Crippen molar-refractivity contribution in [1.82, 2.24) is 0 Å². The van der Waals surface area contributed by atoms with Gasteiger partial charge in [0.05, 0.1) is 20.6 Å². The summed E-state index contributed by atoms with van der Waals surface area (Å²) in [7, 11) is 3.12. The number of hydrogen-bond acceptors (Lipinski definition) is 6. The van der Waals surface area contributed by atoms with Gasteiger partial charge < -0.3 is 18.6 Å². The smallest absolute Gasteiger partial charge is 0.336 e. The third-order valence-electron chi connectivity index (χ3n) is 4.87. The van der Waals surface area contributed by atoms with Crippen molar-refractivity contribution in [1.29, 1.82) is 0 Å². The molecule has 0 unspecified atom stereocenters. The molecule has 138 valence electrons. The van der Waals surface area contributed by atoms with Crippen LogP contribution in [0.4, 0.5) is 0 Å². The Bertz CT molecular complexity index is 1110. The zero-order valence-electron chi connectivity index (χ0n) is 15.2. The quantitative estimate of drug-likeness (QED) is 0.401. The molecule has 1 aliphatic heterocycles. The summed E-state index contributed by atoms with van der Waals surface area (Å²) in [6.45, 7) is 1.85. The van der Waals surface area contributed by atoms with Crippen molar-refractivity contribution in [3.8, 4) is 17.2 Å². The maximum absolute atomic E-state index is 12.2. The first-order valence-corrected chi connectivity index (χ1v) is 8.51. The summed E-state index contributed by atoms with van der Waals surface area (Å²) in [5.74, 6) is 0.909. The lowest BCUT2D eigenvalue weighted by Gasteiger charge is -2.26. The first-order chi connectivity index (χ1) is 13.0. The summed E-state index contributed by atoms with van der Waals surface area (Å²) < 4.78 is 21.6. The Hall–Kier alpha value is -3.28. The Morgan fingerprint density at radius 1 is 1.00 bits per heavy atom. The van der Waals surface area contributed by atoms with Crippen molar-refractivity contribution in [2.75, 3.05) is 14.2 Å². The van der Waals surface area contributed by atoms with E-state index in [2.05, 4.69) is 0 Å². The first kappa shape index (κ1) is 17.1. The predicted molar refractivity (Wildman–Crippen MR) is 98.9 cm³/mol. The highest BCUT2D eigenvalue weighted by Crippen LogP contribution is 2.44. The number of rotatable bonds is 3. The van der Waals surface area contributed by atoms with Crippen molar-refractivity contribution in [3.63, 3.8) is 0 Å². The monoisotopic (exact) mass is 366 g/mol. The van der Waals surface area contributed by atoms with E-state index in [1.54, 1.807) is 32.4 Å². The van der Waals surface area contributed by atoms with Gasteiger partial charge in [0.1, 0.15) is 11.3 Å². The Labute approximate surface area is 155 Å². The summed E-state index contributed by atoms with van der Waals surface area (Å²) in [4.78, 5) is 24.2. The van der Waals surface area contributed by atoms with Crippen LogP contribution in [0.15, 0.2) is 45.6 Å². The van der Waals surface area contributed by atoms with E-state index in [4.69, 9.17) is 18.6 Å².